The largest absolute Gasteiger partial charge is 0.331 e. The van der Waals surface area contributed by atoms with Gasteiger partial charge in [-0.3, -0.25) is 4.98 Å². The van der Waals surface area contributed by atoms with E-state index in [1.807, 2.05) is 31.4 Å². The third kappa shape index (κ3) is 2.22. The van der Waals surface area contributed by atoms with Gasteiger partial charge in [0, 0.05) is 32.4 Å². The van der Waals surface area contributed by atoms with Crippen LogP contribution in [0.15, 0.2) is 42.7 Å². The van der Waals surface area contributed by atoms with Gasteiger partial charge in [-0.05, 0) is 29.3 Å². The molecule has 0 radical (unpaired) electrons. The van der Waals surface area contributed by atoms with Gasteiger partial charge in [-0.2, -0.15) is 0 Å². The minimum Gasteiger partial charge on any atom is -0.331 e. The van der Waals surface area contributed by atoms with E-state index < -0.39 is 0 Å². The molecule has 3 aromatic rings. The first-order chi connectivity index (χ1) is 9.28. The summed E-state index contributed by atoms with van der Waals surface area (Å²) in [6.07, 6.45) is 4.45. The highest BCUT2D eigenvalue weighted by Gasteiger charge is 2.08. The van der Waals surface area contributed by atoms with Crippen LogP contribution >= 0.6 is 0 Å². The van der Waals surface area contributed by atoms with E-state index in [0.717, 1.165) is 28.8 Å². The van der Waals surface area contributed by atoms with E-state index in [1.54, 1.807) is 6.20 Å². The van der Waals surface area contributed by atoms with Gasteiger partial charge in [0.1, 0.15) is 5.82 Å². The molecule has 0 amide bonds. The summed E-state index contributed by atoms with van der Waals surface area (Å²) in [5.74, 6) is 1.04. The summed E-state index contributed by atoms with van der Waals surface area (Å²) in [5, 5.41) is 0. The van der Waals surface area contributed by atoms with Crippen molar-refractivity contribution in [3.8, 4) is 0 Å². The average Bonchev–Trinajstić information content (AvgIpc) is 2.76. The van der Waals surface area contributed by atoms with Crippen molar-refractivity contribution in [1.29, 1.82) is 0 Å². The van der Waals surface area contributed by atoms with E-state index in [-0.39, 0.29) is 0 Å². The van der Waals surface area contributed by atoms with Gasteiger partial charge in [-0.1, -0.05) is 12.1 Å². The Labute approximate surface area is 111 Å². The van der Waals surface area contributed by atoms with Crippen LogP contribution in [-0.4, -0.2) is 14.5 Å². The fourth-order valence-corrected chi connectivity index (χ4v) is 2.26. The van der Waals surface area contributed by atoms with Crippen LogP contribution in [0.2, 0.25) is 0 Å². The monoisotopic (exact) mass is 252 g/mol. The molecule has 0 unspecified atom stereocenters. The van der Waals surface area contributed by atoms with E-state index in [0.29, 0.717) is 6.54 Å². The Bertz CT molecular complexity index is 701. The molecule has 2 N–H and O–H groups in total. The lowest BCUT2D eigenvalue weighted by Crippen LogP contribution is -2.00. The van der Waals surface area contributed by atoms with Crippen molar-refractivity contribution in [2.45, 2.75) is 13.0 Å². The molecule has 1 aromatic carbocycles. The number of aryl methyl sites for hydroxylation is 1. The molecule has 0 bridgehead atoms. The maximum absolute atomic E-state index is 5.68. The molecule has 0 atom stereocenters. The van der Waals surface area contributed by atoms with Crippen molar-refractivity contribution in [1.82, 2.24) is 14.5 Å². The Balaban J connectivity index is 2.03. The van der Waals surface area contributed by atoms with Crippen molar-refractivity contribution in [2.24, 2.45) is 12.8 Å². The quantitative estimate of drug-likeness (QED) is 0.776. The predicted molar refractivity (Wildman–Crippen MR) is 75.6 cm³/mol. The first kappa shape index (κ1) is 11.9. The van der Waals surface area contributed by atoms with Gasteiger partial charge < -0.3 is 10.3 Å². The van der Waals surface area contributed by atoms with E-state index in [1.165, 1.54) is 5.56 Å². The highest BCUT2D eigenvalue weighted by Crippen LogP contribution is 2.18. The number of hydrogen-bond acceptors (Lipinski definition) is 3. The highest BCUT2D eigenvalue weighted by molar-refractivity contribution is 5.76. The summed E-state index contributed by atoms with van der Waals surface area (Å²) in [7, 11) is 2.04. The van der Waals surface area contributed by atoms with Crippen LogP contribution in [0.4, 0.5) is 0 Å². The van der Waals surface area contributed by atoms with Crippen LogP contribution in [0.25, 0.3) is 11.0 Å². The van der Waals surface area contributed by atoms with Crippen LogP contribution in [0.5, 0.6) is 0 Å². The van der Waals surface area contributed by atoms with Crippen molar-refractivity contribution in [3.05, 3.63) is 59.7 Å². The normalized spacial score (nSPS) is 11.1. The number of rotatable bonds is 3. The Kier molecular flexibility index (Phi) is 3.01. The second kappa shape index (κ2) is 4.82. The Morgan fingerprint density at radius 1 is 1.21 bits per heavy atom. The van der Waals surface area contributed by atoms with Crippen LogP contribution in [0.1, 0.15) is 17.0 Å². The molecule has 2 aromatic heterocycles. The Morgan fingerprint density at radius 2 is 2.11 bits per heavy atom. The standard InChI is InChI=1S/C15H16N4/c1-19-14-7-11(9-16)4-5-13(14)18-15(19)8-12-3-2-6-17-10-12/h2-7,10H,8-9,16H2,1H3. The summed E-state index contributed by atoms with van der Waals surface area (Å²) < 4.78 is 2.13. The Morgan fingerprint density at radius 3 is 2.84 bits per heavy atom. The van der Waals surface area contributed by atoms with Crippen molar-refractivity contribution in [3.63, 3.8) is 0 Å². The summed E-state index contributed by atoms with van der Waals surface area (Å²) in [5.41, 5.74) is 10.1. The minimum atomic E-state index is 0.555. The minimum absolute atomic E-state index is 0.555. The van der Waals surface area contributed by atoms with Gasteiger partial charge >= 0.3 is 0 Å². The average molecular weight is 252 g/mol. The molecule has 2 heterocycles. The molecular weight excluding hydrogens is 236 g/mol. The number of fused-ring (bicyclic) bond motifs is 1. The van der Waals surface area contributed by atoms with Crippen LogP contribution < -0.4 is 5.73 Å². The highest BCUT2D eigenvalue weighted by atomic mass is 15.1. The zero-order chi connectivity index (χ0) is 13.2. The molecule has 96 valence electrons. The first-order valence-electron chi connectivity index (χ1n) is 6.31. The molecule has 19 heavy (non-hydrogen) atoms. The second-order valence-corrected chi connectivity index (χ2v) is 4.65. The maximum Gasteiger partial charge on any atom is 0.114 e. The lowest BCUT2D eigenvalue weighted by Gasteiger charge is -2.02. The summed E-state index contributed by atoms with van der Waals surface area (Å²) in [6, 6.07) is 10.2. The van der Waals surface area contributed by atoms with Crippen LogP contribution in [0.3, 0.4) is 0 Å². The summed E-state index contributed by atoms with van der Waals surface area (Å²) in [4.78, 5) is 8.82. The number of aromatic nitrogens is 3. The molecule has 0 saturated heterocycles. The molecule has 4 heteroatoms. The van der Waals surface area contributed by atoms with Gasteiger partial charge in [0.25, 0.3) is 0 Å². The summed E-state index contributed by atoms with van der Waals surface area (Å²) in [6.45, 7) is 0.555. The number of nitrogens with two attached hydrogens (primary N) is 1. The Hall–Kier alpha value is -2.20. The molecule has 0 saturated carbocycles. The van der Waals surface area contributed by atoms with Gasteiger partial charge in [-0.25, -0.2) is 4.98 Å². The number of hydrogen-bond donors (Lipinski definition) is 1. The second-order valence-electron chi connectivity index (χ2n) is 4.65. The number of imidazole rings is 1. The third-order valence-electron chi connectivity index (χ3n) is 3.36. The third-order valence-corrected chi connectivity index (χ3v) is 3.36. The number of pyridine rings is 1. The zero-order valence-corrected chi connectivity index (χ0v) is 10.9. The maximum atomic E-state index is 5.68. The van der Waals surface area contributed by atoms with Crippen LogP contribution in [-0.2, 0) is 20.0 Å². The SMILES string of the molecule is Cn1c(Cc2cccnc2)nc2ccc(CN)cc21. The van der Waals surface area contributed by atoms with Gasteiger partial charge in [0.05, 0.1) is 11.0 Å². The molecule has 0 fully saturated rings. The molecule has 0 aliphatic carbocycles. The van der Waals surface area contributed by atoms with E-state index in [4.69, 9.17) is 5.73 Å². The molecule has 0 aliphatic rings. The van der Waals surface area contributed by atoms with E-state index >= 15 is 0 Å². The van der Waals surface area contributed by atoms with Gasteiger partial charge in [-0.15, -0.1) is 0 Å². The van der Waals surface area contributed by atoms with Gasteiger partial charge in [0.2, 0.25) is 0 Å². The fraction of sp³-hybridized carbons (Fsp3) is 0.200. The lowest BCUT2D eigenvalue weighted by molar-refractivity contribution is 0.842. The van der Waals surface area contributed by atoms with Crippen molar-refractivity contribution < 1.29 is 0 Å². The predicted octanol–water partition coefficient (Wildman–Crippen LogP) is 2.02. The molecular formula is C15H16N4. The fourth-order valence-electron chi connectivity index (χ4n) is 2.26. The molecule has 4 nitrogen and oxygen atoms in total. The molecule has 0 aliphatic heterocycles. The van der Waals surface area contributed by atoms with Crippen molar-refractivity contribution >= 4 is 11.0 Å². The lowest BCUT2D eigenvalue weighted by atomic mass is 10.2. The summed E-state index contributed by atoms with van der Waals surface area (Å²) >= 11 is 0. The van der Waals surface area contributed by atoms with E-state index in [2.05, 4.69) is 26.7 Å². The molecule has 3 rings (SSSR count). The van der Waals surface area contributed by atoms with E-state index in [9.17, 15) is 0 Å². The number of nitrogens with zero attached hydrogens (tertiary/aromatic N) is 3. The smallest absolute Gasteiger partial charge is 0.114 e. The zero-order valence-electron chi connectivity index (χ0n) is 10.9. The van der Waals surface area contributed by atoms with Gasteiger partial charge in [0.15, 0.2) is 0 Å². The molecule has 0 spiro atoms. The number of benzene rings is 1. The first-order valence-corrected chi connectivity index (χ1v) is 6.31. The topological polar surface area (TPSA) is 56.7 Å². The van der Waals surface area contributed by atoms with Crippen molar-refractivity contribution in [2.75, 3.05) is 0 Å². The van der Waals surface area contributed by atoms with Crippen LogP contribution in [0, 0.1) is 0 Å².